The number of nitrogens with one attached hydrogen (secondary N) is 1. The smallest absolute Gasteiger partial charge is 0.250 e. The summed E-state index contributed by atoms with van der Waals surface area (Å²) in [4.78, 5) is 34.8. The Morgan fingerprint density at radius 3 is 2.38 bits per heavy atom. The summed E-state index contributed by atoms with van der Waals surface area (Å²) in [5, 5.41) is 2.63. The molecular formula is C16H16N2O3. The molecule has 108 valence electrons. The third-order valence-electron chi connectivity index (χ3n) is 2.97. The molecule has 0 unspecified atom stereocenters. The predicted octanol–water partition coefficient (Wildman–Crippen LogP) is 2.00. The van der Waals surface area contributed by atoms with Gasteiger partial charge in [0.1, 0.15) is 0 Å². The molecule has 0 fully saturated rings. The first-order valence-corrected chi connectivity index (χ1v) is 6.53. The largest absolute Gasteiger partial charge is 0.326 e. The van der Waals surface area contributed by atoms with Crippen molar-refractivity contribution in [1.29, 1.82) is 0 Å². The number of nitrogens with zero attached hydrogens (tertiary/aromatic N) is 1. The monoisotopic (exact) mass is 284 g/mol. The lowest BCUT2D eigenvalue weighted by atomic mass is 10.1. The van der Waals surface area contributed by atoms with E-state index in [1.54, 1.807) is 36.5 Å². The van der Waals surface area contributed by atoms with Crippen LogP contribution in [-0.4, -0.2) is 16.3 Å². The van der Waals surface area contributed by atoms with Gasteiger partial charge >= 0.3 is 0 Å². The molecule has 1 aromatic carbocycles. The van der Waals surface area contributed by atoms with Crippen molar-refractivity contribution < 1.29 is 9.59 Å². The molecule has 0 aliphatic heterocycles. The van der Waals surface area contributed by atoms with E-state index >= 15 is 0 Å². The summed E-state index contributed by atoms with van der Waals surface area (Å²) in [5.41, 5.74) is 1.84. The number of hydrogen-bond acceptors (Lipinski definition) is 3. The highest BCUT2D eigenvalue weighted by atomic mass is 16.1. The lowest BCUT2D eigenvalue weighted by molar-refractivity contribution is -0.114. The van der Waals surface area contributed by atoms with Gasteiger partial charge in [-0.05, 0) is 36.8 Å². The highest BCUT2D eigenvalue weighted by molar-refractivity contribution is 5.96. The Morgan fingerprint density at radius 1 is 1.10 bits per heavy atom. The van der Waals surface area contributed by atoms with E-state index in [0.717, 1.165) is 5.56 Å². The van der Waals surface area contributed by atoms with Crippen molar-refractivity contribution in [3.63, 3.8) is 0 Å². The molecule has 0 aliphatic carbocycles. The number of carbonyl (C=O) groups is 2. The van der Waals surface area contributed by atoms with Gasteiger partial charge in [0.2, 0.25) is 5.91 Å². The summed E-state index contributed by atoms with van der Waals surface area (Å²) in [6, 6.07) is 9.75. The van der Waals surface area contributed by atoms with Crippen LogP contribution in [0.3, 0.4) is 0 Å². The number of hydrogen-bond donors (Lipinski definition) is 1. The third-order valence-corrected chi connectivity index (χ3v) is 2.97. The maximum atomic E-state index is 12.2. The summed E-state index contributed by atoms with van der Waals surface area (Å²) in [7, 11) is 0. The van der Waals surface area contributed by atoms with Crippen LogP contribution in [0.4, 0.5) is 5.69 Å². The molecule has 1 amide bonds. The SMILES string of the molecule is CC(=O)Nc1ccc(C(=O)Cn2cc(C)ccc2=O)cc1. The number of Topliss-reactive ketones (excluding diaryl/α,β-unsaturated/α-hetero) is 1. The molecule has 1 N–H and O–H groups in total. The molecule has 0 saturated carbocycles. The predicted molar refractivity (Wildman–Crippen MR) is 80.5 cm³/mol. The first-order chi connectivity index (χ1) is 9.95. The van der Waals surface area contributed by atoms with Crippen molar-refractivity contribution in [2.45, 2.75) is 20.4 Å². The second-order valence-electron chi connectivity index (χ2n) is 4.85. The van der Waals surface area contributed by atoms with Gasteiger partial charge < -0.3 is 9.88 Å². The van der Waals surface area contributed by atoms with Crippen molar-refractivity contribution in [3.05, 3.63) is 64.1 Å². The molecule has 5 nitrogen and oxygen atoms in total. The van der Waals surface area contributed by atoms with Gasteiger partial charge in [-0.3, -0.25) is 14.4 Å². The molecule has 0 radical (unpaired) electrons. The minimum absolute atomic E-state index is 0.00000307. The van der Waals surface area contributed by atoms with Gasteiger partial charge in [-0.2, -0.15) is 0 Å². The maximum absolute atomic E-state index is 12.2. The van der Waals surface area contributed by atoms with Crippen LogP contribution in [0.25, 0.3) is 0 Å². The van der Waals surface area contributed by atoms with Crippen molar-refractivity contribution >= 4 is 17.4 Å². The van der Waals surface area contributed by atoms with E-state index in [1.807, 2.05) is 6.92 Å². The minimum Gasteiger partial charge on any atom is -0.326 e. The van der Waals surface area contributed by atoms with Crippen molar-refractivity contribution in [3.8, 4) is 0 Å². The van der Waals surface area contributed by atoms with Gasteiger partial charge in [0.25, 0.3) is 5.56 Å². The van der Waals surface area contributed by atoms with Crippen LogP contribution >= 0.6 is 0 Å². The molecule has 0 bridgehead atoms. The van der Waals surface area contributed by atoms with Gasteiger partial charge in [-0.25, -0.2) is 0 Å². The Kier molecular flexibility index (Phi) is 4.33. The van der Waals surface area contributed by atoms with Crippen LogP contribution in [0, 0.1) is 6.92 Å². The van der Waals surface area contributed by atoms with E-state index < -0.39 is 0 Å². The number of benzene rings is 1. The first kappa shape index (κ1) is 14.7. The number of carbonyl (C=O) groups excluding carboxylic acids is 2. The van der Waals surface area contributed by atoms with Crippen LogP contribution < -0.4 is 10.9 Å². The number of rotatable bonds is 4. The van der Waals surface area contributed by atoms with Gasteiger partial charge in [0.15, 0.2) is 5.78 Å². The van der Waals surface area contributed by atoms with E-state index in [-0.39, 0.29) is 23.8 Å². The third kappa shape index (κ3) is 3.89. The van der Waals surface area contributed by atoms with E-state index in [1.165, 1.54) is 17.6 Å². The fourth-order valence-corrected chi connectivity index (χ4v) is 1.96. The van der Waals surface area contributed by atoms with E-state index in [9.17, 15) is 14.4 Å². The maximum Gasteiger partial charge on any atom is 0.250 e. The Balaban J connectivity index is 2.15. The molecule has 1 heterocycles. The average Bonchev–Trinajstić information content (AvgIpc) is 2.43. The highest BCUT2D eigenvalue weighted by Gasteiger charge is 2.08. The minimum atomic E-state index is -0.205. The molecular weight excluding hydrogens is 268 g/mol. The second kappa shape index (κ2) is 6.17. The van der Waals surface area contributed by atoms with Gasteiger partial charge in [-0.1, -0.05) is 6.07 Å². The highest BCUT2D eigenvalue weighted by Crippen LogP contribution is 2.10. The van der Waals surface area contributed by atoms with Crippen LogP contribution in [0.15, 0.2) is 47.4 Å². The lowest BCUT2D eigenvalue weighted by Crippen LogP contribution is -2.23. The summed E-state index contributed by atoms with van der Waals surface area (Å²) in [6.07, 6.45) is 1.66. The summed E-state index contributed by atoms with van der Waals surface area (Å²) in [6.45, 7) is 3.28. The summed E-state index contributed by atoms with van der Waals surface area (Å²) >= 11 is 0. The van der Waals surface area contributed by atoms with E-state index in [4.69, 9.17) is 0 Å². The number of aryl methyl sites for hydroxylation is 1. The number of pyridine rings is 1. The van der Waals surface area contributed by atoms with Gasteiger partial charge in [0.05, 0.1) is 6.54 Å². The molecule has 21 heavy (non-hydrogen) atoms. The average molecular weight is 284 g/mol. The number of aromatic nitrogens is 1. The number of amides is 1. The topological polar surface area (TPSA) is 68.2 Å². The normalized spacial score (nSPS) is 10.2. The molecule has 0 saturated heterocycles. The molecule has 2 rings (SSSR count). The Morgan fingerprint density at radius 2 is 1.76 bits per heavy atom. The molecule has 1 aromatic heterocycles. The summed E-state index contributed by atoms with van der Waals surface area (Å²) < 4.78 is 1.39. The molecule has 0 aliphatic rings. The van der Waals surface area contributed by atoms with Crippen LogP contribution in [0.2, 0.25) is 0 Å². The van der Waals surface area contributed by atoms with E-state index in [2.05, 4.69) is 5.32 Å². The fraction of sp³-hybridized carbons (Fsp3) is 0.188. The lowest BCUT2D eigenvalue weighted by Gasteiger charge is -2.07. The summed E-state index contributed by atoms with van der Waals surface area (Å²) in [5.74, 6) is -0.322. The van der Waals surface area contributed by atoms with Crippen molar-refractivity contribution in [2.75, 3.05) is 5.32 Å². The fourth-order valence-electron chi connectivity index (χ4n) is 1.96. The number of ketones is 1. The Hall–Kier alpha value is -2.69. The zero-order valence-corrected chi connectivity index (χ0v) is 11.9. The molecule has 0 atom stereocenters. The Labute approximate surface area is 122 Å². The van der Waals surface area contributed by atoms with Crippen molar-refractivity contribution in [1.82, 2.24) is 4.57 Å². The van der Waals surface area contributed by atoms with Crippen molar-refractivity contribution in [2.24, 2.45) is 0 Å². The zero-order valence-electron chi connectivity index (χ0n) is 11.9. The van der Waals surface area contributed by atoms with Gasteiger partial charge in [0, 0.05) is 30.4 Å². The molecule has 2 aromatic rings. The van der Waals surface area contributed by atoms with Crippen LogP contribution in [0.1, 0.15) is 22.8 Å². The van der Waals surface area contributed by atoms with Crippen LogP contribution in [0.5, 0.6) is 0 Å². The second-order valence-corrected chi connectivity index (χ2v) is 4.85. The first-order valence-electron chi connectivity index (χ1n) is 6.53. The van der Waals surface area contributed by atoms with E-state index in [0.29, 0.717) is 11.3 Å². The number of anilines is 1. The van der Waals surface area contributed by atoms with Gasteiger partial charge in [-0.15, -0.1) is 0 Å². The standard InChI is InChI=1S/C16H16N2O3/c1-11-3-8-16(21)18(9-11)10-15(20)13-4-6-14(7-5-13)17-12(2)19/h3-9H,10H2,1-2H3,(H,17,19). The zero-order chi connectivity index (χ0) is 15.4. The van der Waals surface area contributed by atoms with Crippen LogP contribution in [-0.2, 0) is 11.3 Å². The molecule has 5 heteroatoms. The quantitative estimate of drug-likeness (QED) is 0.873. The Bertz CT molecular complexity index is 730. The molecule has 0 spiro atoms.